The molecular formula is C17H32N8O7. The number of hydrogen-bond donors (Lipinski definition) is 9. The minimum atomic E-state index is -1.50. The van der Waals surface area contributed by atoms with E-state index in [1.807, 2.05) is 0 Å². The van der Waals surface area contributed by atoms with Crippen LogP contribution in [0.15, 0.2) is 4.99 Å². The van der Waals surface area contributed by atoms with Crippen molar-refractivity contribution in [3.05, 3.63) is 0 Å². The number of carbonyl (C=O) groups is 5. The molecule has 32 heavy (non-hydrogen) atoms. The molecule has 4 amide bonds. The average Bonchev–Trinajstić information content (AvgIpc) is 2.67. The van der Waals surface area contributed by atoms with Crippen molar-refractivity contribution in [2.24, 2.45) is 27.9 Å². The Kier molecular flexibility index (Phi) is 12.3. The van der Waals surface area contributed by atoms with Crippen LogP contribution in [0.4, 0.5) is 0 Å². The van der Waals surface area contributed by atoms with E-state index in [-0.39, 0.29) is 25.3 Å². The van der Waals surface area contributed by atoms with Gasteiger partial charge in [0.05, 0.1) is 12.5 Å². The van der Waals surface area contributed by atoms with E-state index in [2.05, 4.69) is 20.9 Å². The molecule has 0 aromatic carbocycles. The van der Waals surface area contributed by atoms with Crippen LogP contribution in [0.1, 0.15) is 33.1 Å². The highest BCUT2D eigenvalue weighted by molar-refractivity contribution is 5.96. The van der Waals surface area contributed by atoms with E-state index in [9.17, 15) is 34.2 Å². The Morgan fingerprint density at radius 3 is 1.94 bits per heavy atom. The molecule has 0 saturated heterocycles. The molecule has 182 valence electrons. The molecule has 13 N–H and O–H groups in total. The SMILES string of the molecule is CC(NC(=O)C(N)C(C)O)C(=O)NC(CC(N)=O)C(=O)NC(CCCN=C(N)N)C(=O)O. The van der Waals surface area contributed by atoms with Crippen molar-refractivity contribution >= 4 is 35.6 Å². The van der Waals surface area contributed by atoms with Crippen LogP contribution >= 0.6 is 0 Å². The Hall–Kier alpha value is -3.46. The molecule has 0 saturated carbocycles. The van der Waals surface area contributed by atoms with Gasteiger partial charge in [0.25, 0.3) is 0 Å². The predicted molar refractivity (Wildman–Crippen MR) is 112 cm³/mol. The zero-order valence-electron chi connectivity index (χ0n) is 17.9. The number of hydrogen-bond acceptors (Lipinski definition) is 8. The number of nitrogens with one attached hydrogen (secondary N) is 3. The van der Waals surface area contributed by atoms with Crippen LogP contribution in [0, 0.1) is 0 Å². The number of aliphatic carboxylic acids is 1. The molecular weight excluding hydrogens is 428 g/mol. The topological polar surface area (TPSA) is 278 Å². The Bertz CT molecular complexity index is 724. The van der Waals surface area contributed by atoms with Crippen LogP contribution in [0.2, 0.25) is 0 Å². The predicted octanol–water partition coefficient (Wildman–Crippen LogP) is -4.82. The van der Waals surface area contributed by atoms with Crippen LogP contribution in [0.3, 0.4) is 0 Å². The zero-order chi connectivity index (χ0) is 25.0. The maximum absolute atomic E-state index is 12.5. The van der Waals surface area contributed by atoms with E-state index < -0.39 is 66.3 Å². The van der Waals surface area contributed by atoms with Crippen LogP contribution in [-0.2, 0) is 24.0 Å². The summed E-state index contributed by atoms with van der Waals surface area (Å²) in [5.74, 6) is -5.09. The maximum atomic E-state index is 12.5. The molecule has 0 spiro atoms. The summed E-state index contributed by atoms with van der Waals surface area (Å²) in [5.41, 5.74) is 21.0. The van der Waals surface area contributed by atoms with Gasteiger partial charge in [-0.05, 0) is 26.7 Å². The Labute approximate surface area is 184 Å². The first-order chi connectivity index (χ1) is 14.8. The quantitative estimate of drug-likeness (QED) is 0.0677. The highest BCUT2D eigenvalue weighted by Crippen LogP contribution is 2.02. The Morgan fingerprint density at radius 2 is 1.47 bits per heavy atom. The molecule has 0 bridgehead atoms. The minimum absolute atomic E-state index is 0.0290. The standard InChI is InChI=1S/C17H32N8O7/c1-7(23-15(30)12(19)8(2)26)13(28)25-10(6-11(18)27)14(29)24-9(16(31)32)4-3-5-22-17(20)21/h7-10,12,26H,3-6,19H2,1-2H3,(H2,18,27)(H,23,30)(H,24,29)(H,25,28)(H,31,32)(H4,20,21,22). The number of aliphatic imine (C=N–C) groups is 1. The number of rotatable bonds is 14. The van der Waals surface area contributed by atoms with Gasteiger partial charge in [0, 0.05) is 6.54 Å². The Morgan fingerprint density at radius 1 is 0.906 bits per heavy atom. The van der Waals surface area contributed by atoms with Gasteiger partial charge in [0.15, 0.2) is 5.96 Å². The third-order valence-electron chi connectivity index (χ3n) is 4.17. The van der Waals surface area contributed by atoms with Crippen molar-refractivity contribution in [2.75, 3.05) is 6.54 Å². The molecule has 0 aromatic heterocycles. The fraction of sp³-hybridized carbons (Fsp3) is 0.647. The van der Waals surface area contributed by atoms with E-state index >= 15 is 0 Å². The van der Waals surface area contributed by atoms with Crippen LogP contribution < -0.4 is 38.9 Å². The number of carboxylic acid groups (broad SMARTS) is 1. The smallest absolute Gasteiger partial charge is 0.326 e. The first kappa shape index (κ1) is 28.5. The van der Waals surface area contributed by atoms with E-state index in [1.54, 1.807) is 0 Å². The van der Waals surface area contributed by atoms with Gasteiger partial charge in [-0.3, -0.25) is 24.2 Å². The molecule has 5 unspecified atom stereocenters. The second-order valence-corrected chi connectivity index (χ2v) is 7.08. The summed E-state index contributed by atoms with van der Waals surface area (Å²) in [4.78, 5) is 63.2. The molecule has 15 nitrogen and oxygen atoms in total. The van der Waals surface area contributed by atoms with Gasteiger partial charge >= 0.3 is 5.97 Å². The molecule has 0 rings (SSSR count). The molecule has 15 heteroatoms. The zero-order valence-corrected chi connectivity index (χ0v) is 17.9. The monoisotopic (exact) mass is 460 g/mol. The third kappa shape index (κ3) is 11.1. The van der Waals surface area contributed by atoms with Gasteiger partial charge in [0.2, 0.25) is 23.6 Å². The summed E-state index contributed by atoms with van der Waals surface area (Å²) in [5, 5.41) is 25.3. The largest absolute Gasteiger partial charge is 0.480 e. The number of aliphatic hydroxyl groups excluding tert-OH is 1. The van der Waals surface area contributed by atoms with Crippen molar-refractivity contribution in [1.29, 1.82) is 0 Å². The molecule has 5 atom stereocenters. The lowest BCUT2D eigenvalue weighted by atomic mass is 10.1. The van der Waals surface area contributed by atoms with Crippen molar-refractivity contribution in [1.82, 2.24) is 16.0 Å². The highest BCUT2D eigenvalue weighted by Gasteiger charge is 2.30. The maximum Gasteiger partial charge on any atom is 0.326 e. The second kappa shape index (κ2) is 13.8. The van der Waals surface area contributed by atoms with Gasteiger partial charge in [0.1, 0.15) is 24.2 Å². The molecule has 0 aliphatic heterocycles. The lowest BCUT2D eigenvalue weighted by Gasteiger charge is -2.23. The summed E-state index contributed by atoms with van der Waals surface area (Å²) in [6.45, 7) is 2.71. The number of nitrogens with zero attached hydrogens (tertiary/aromatic N) is 1. The molecule has 0 aliphatic rings. The fourth-order valence-electron chi connectivity index (χ4n) is 2.33. The highest BCUT2D eigenvalue weighted by atomic mass is 16.4. The van der Waals surface area contributed by atoms with Crippen LogP contribution in [0.25, 0.3) is 0 Å². The van der Waals surface area contributed by atoms with Crippen molar-refractivity contribution < 1.29 is 34.2 Å². The van der Waals surface area contributed by atoms with E-state index in [0.29, 0.717) is 0 Å². The van der Waals surface area contributed by atoms with Gasteiger partial charge in [-0.15, -0.1) is 0 Å². The number of nitrogens with two attached hydrogens (primary N) is 4. The van der Waals surface area contributed by atoms with Gasteiger partial charge < -0.3 is 49.1 Å². The van der Waals surface area contributed by atoms with Gasteiger partial charge in [-0.25, -0.2) is 4.79 Å². The van der Waals surface area contributed by atoms with E-state index in [4.69, 9.17) is 22.9 Å². The normalized spacial score (nSPS) is 15.2. The number of guanidine groups is 1. The number of carboxylic acids is 1. The summed E-state index contributed by atoms with van der Waals surface area (Å²) in [6, 6.07) is -5.31. The Balaban J connectivity index is 5.13. The van der Waals surface area contributed by atoms with Crippen molar-refractivity contribution in [3.8, 4) is 0 Å². The van der Waals surface area contributed by atoms with Crippen LogP contribution in [0.5, 0.6) is 0 Å². The lowest BCUT2D eigenvalue weighted by Crippen LogP contribution is -2.57. The molecule has 0 aliphatic carbocycles. The molecule has 0 radical (unpaired) electrons. The lowest BCUT2D eigenvalue weighted by molar-refractivity contribution is -0.142. The molecule has 0 aromatic rings. The number of aliphatic hydroxyl groups is 1. The number of amides is 4. The number of primary amides is 1. The second-order valence-electron chi connectivity index (χ2n) is 7.08. The van der Waals surface area contributed by atoms with Crippen LogP contribution in [-0.4, -0.2) is 82.6 Å². The summed E-state index contributed by atoms with van der Waals surface area (Å²) < 4.78 is 0. The first-order valence-corrected chi connectivity index (χ1v) is 9.67. The summed E-state index contributed by atoms with van der Waals surface area (Å²) in [7, 11) is 0. The average molecular weight is 460 g/mol. The van der Waals surface area contributed by atoms with Crippen molar-refractivity contribution in [2.45, 2.75) is 63.4 Å². The molecule has 0 fully saturated rings. The van der Waals surface area contributed by atoms with E-state index in [0.717, 1.165) is 0 Å². The fourth-order valence-corrected chi connectivity index (χ4v) is 2.33. The van der Waals surface area contributed by atoms with Crippen molar-refractivity contribution in [3.63, 3.8) is 0 Å². The third-order valence-corrected chi connectivity index (χ3v) is 4.17. The van der Waals surface area contributed by atoms with Gasteiger partial charge in [-0.2, -0.15) is 0 Å². The van der Waals surface area contributed by atoms with Gasteiger partial charge in [-0.1, -0.05) is 0 Å². The van der Waals surface area contributed by atoms with E-state index in [1.165, 1.54) is 13.8 Å². The molecule has 0 heterocycles. The minimum Gasteiger partial charge on any atom is -0.480 e. The summed E-state index contributed by atoms with van der Waals surface area (Å²) in [6.07, 6.45) is -1.59. The summed E-state index contributed by atoms with van der Waals surface area (Å²) >= 11 is 0. The number of carbonyl (C=O) groups excluding carboxylic acids is 4. The first-order valence-electron chi connectivity index (χ1n) is 9.67.